The summed E-state index contributed by atoms with van der Waals surface area (Å²) in [6, 6.07) is 11.3. The van der Waals surface area contributed by atoms with Crippen LogP contribution in [0.1, 0.15) is 50.5 Å². The molecule has 2 amide bonds. The standard InChI is InChI=1S/C23H29N3O2/c24-15-20(11-16-4-2-1-3-5-16)26-21(27)6-7-25-22(28)23-12-17-8-18(13-23)10-19(9-17)14-23/h1-5,17-20H,6-14H2,(H,25,28)(H,26,27). The van der Waals surface area contributed by atoms with E-state index in [2.05, 4.69) is 16.7 Å². The van der Waals surface area contributed by atoms with Crippen LogP contribution in [0.2, 0.25) is 0 Å². The minimum Gasteiger partial charge on any atom is -0.355 e. The number of rotatable bonds is 7. The molecule has 5 rings (SSSR count). The Kier molecular flexibility index (Phi) is 5.39. The van der Waals surface area contributed by atoms with Crippen molar-refractivity contribution in [1.29, 1.82) is 5.26 Å². The third-order valence-electron chi connectivity index (χ3n) is 6.93. The average Bonchev–Trinajstić information content (AvgIpc) is 2.67. The van der Waals surface area contributed by atoms with Crippen LogP contribution < -0.4 is 10.6 Å². The zero-order valence-electron chi connectivity index (χ0n) is 16.3. The molecule has 4 saturated carbocycles. The van der Waals surface area contributed by atoms with Gasteiger partial charge in [-0.1, -0.05) is 30.3 Å². The third kappa shape index (κ3) is 4.06. The van der Waals surface area contributed by atoms with Crippen LogP contribution in [-0.4, -0.2) is 24.4 Å². The van der Waals surface area contributed by atoms with Crippen molar-refractivity contribution in [2.75, 3.05) is 6.54 Å². The fourth-order valence-corrected chi connectivity index (χ4v) is 6.11. The van der Waals surface area contributed by atoms with Crippen LogP contribution in [0.15, 0.2) is 30.3 Å². The topological polar surface area (TPSA) is 82.0 Å². The van der Waals surface area contributed by atoms with Gasteiger partial charge in [0.25, 0.3) is 0 Å². The normalized spacial score (nSPS) is 31.0. The molecule has 1 atom stereocenters. The second-order valence-corrected chi connectivity index (χ2v) is 9.14. The van der Waals surface area contributed by atoms with Gasteiger partial charge < -0.3 is 10.6 Å². The molecule has 0 saturated heterocycles. The molecule has 2 N–H and O–H groups in total. The Hall–Kier alpha value is -2.35. The maximum atomic E-state index is 12.9. The third-order valence-corrected chi connectivity index (χ3v) is 6.93. The summed E-state index contributed by atoms with van der Waals surface area (Å²) in [5.41, 5.74) is 0.845. The summed E-state index contributed by atoms with van der Waals surface area (Å²) in [6.45, 7) is 0.343. The Bertz CT molecular complexity index is 733. The summed E-state index contributed by atoms with van der Waals surface area (Å²) in [5.74, 6) is 2.16. The predicted molar refractivity (Wildman–Crippen MR) is 106 cm³/mol. The van der Waals surface area contributed by atoms with E-state index < -0.39 is 6.04 Å². The molecule has 1 aromatic rings. The Morgan fingerprint density at radius 3 is 2.25 bits per heavy atom. The van der Waals surface area contributed by atoms with E-state index in [4.69, 9.17) is 0 Å². The number of carbonyl (C=O) groups is 2. The van der Waals surface area contributed by atoms with E-state index in [1.807, 2.05) is 30.3 Å². The molecule has 0 heterocycles. The van der Waals surface area contributed by atoms with Crippen LogP contribution in [-0.2, 0) is 16.0 Å². The molecule has 4 aliphatic rings. The molecule has 1 unspecified atom stereocenters. The summed E-state index contributed by atoms with van der Waals surface area (Å²) < 4.78 is 0. The Labute approximate surface area is 166 Å². The summed E-state index contributed by atoms with van der Waals surface area (Å²) in [7, 11) is 0. The van der Waals surface area contributed by atoms with Crippen molar-refractivity contribution in [3.8, 4) is 6.07 Å². The van der Waals surface area contributed by atoms with Crippen molar-refractivity contribution in [2.45, 2.75) is 57.4 Å². The van der Waals surface area contributed by atoms with E-state index in [-0.39, 0.29) is 23.7 Å². The maximum absolute atomic E-state index is 12.9. The molecule has 0 spiro atoms. The van der Waals surface area contributed by atoms with Crippen LogP contribution in [0.4, 0.5) is 0 Å². The van der Waals surface area contributed by atoms with Crippen LogP contribution >= 0.6 is 0 Å². The van der Waals surface area contributed by atoms with Crippen molar-refractivity contribution < 1.29 is 9.59 Å². The van der Waals surface area contributed by atoms with Crippen LogP contribution in [0.25, 0.3) is 0 Å². The maximum Gasteiger partial charge on any atom is 0.226 e. The van der Waals surface area contributed by atoms with Gasteiger partial charge in [-0.3, -0.25) is 9.59 Å². The largest absolute Gasteiger partial charge is 0.355 e. The first kappa shape index (κ1) is 19.0. The van der Waals surface area contributed by atoms with Crippen molar-refractivity contribution in [2.24, 2.45) is 23.2 Å². The monoisotopic (exact) mass is 379 g/mol. The average molecular weight is 380 g/mol. The lowest BCUT2D eigenvalue weighted by atomic mass is 9.49. The summed E-state index contributed by atoms with van der Waals surface area (Å²) in [5, 5.41) is 15.1. The van der Waals surface area contributed by atoms with E-state index in [0.717, 1.165) is 42.6 Å². The van der Waals surface area contributed by atoms with E-state index in [9.17, 15) is 14.9 Å². The first-order chi connectivity index (χ1) is 13.6. The Morgan fingerprint density at radius 2 is 1.68 bits per heavy atom. The van der Waals surface area contributed by atoms with Crippen molar-refractivity contribution in [3.63, 3.8) is 0 Å². The molecule has 4 aliphatic carbocycles. The summed E-state index contributed by atoms with van der Waals surface area (Å²) in [4.78, 5) is 25.1. The molecule has 1 aromatic carbocycles. The van der Waals surface area contributed by atoms with Crippen LogP contribution in [0.3, 0.4) is 0 Å². The van der Waals surface area contributed by atoms with E-state index in [1.165, 1.54) is 19.3 Å². The predicted octanol–water partition coefficient (Wildman–Crippen LogP) is 2.96. The Morgan fingerprint density at radius 1 is 1.07 bits per heavy atom. The highest BCUT2D eigenvalue weighted by molar-refractivity contribution is 5.84. The second kappa shape index (κ2) is 7.95. The van der Waals surface area contributed by atoms with Gasteiger partial charge in [0.1, 0.15) is 6.04 Å². The zero-order valence-corrected chi connectivity index (χ0v) is 16.3. The molecule has 148 valence electrons. The molecule has 5 nitrogen and oxygen atoms in total. The Balaban J connectivity index is 1.23. The van der Waals surface area contributed by atoms with E-state index >= 15 is 0 Å². The summed E-state index contributed by atoms with van der Waals surface area (Å²) in [6.07, 6.45) is 7.73. The van der Waals surface area contributed by atoms with Gasteiger partial charge in [0, 0.05) is 24.8 Å². The number of hydrogen-bond acceptors (Lipinski definition) is 3. The van der Waals surface area contributed by atoms with Gasteiger partial charge in [-0.25, -0.2) is 0 Å². The van der Waals surface area contributed by atoms with Gasteiger partial charge >= 0.3 is 0 Å². The fourth-order valence-electron chi connectivity index (χ4n) is 6.11. The summed E-state index contributed by atoms with van der Waals surface area (Å²) >= 11 is 0. The highest BCUT2D eigenvalue weighted by Gasteiger charge is 2.54. The minimum atomic E-state index is -0.547. The fraction of sp³-hybridized carbons (Fsp3) is 0.609. The highest BCUT2D eigenvalue weighted by atomic mass is 16.2. The molecular formula is C23H29N3O2. The first-order valence-electron chi connectivity index (χ1n) is 10.6. The van der Waals surface area contributed by atoms with Gasteiger partial charge in [-0.05, 0) is 61.8 Å². The second-order valence-electron chi connectivity index (χ2n) is 9.14. The zero-order chi connectivity index (χ0) is 19.6. The number of carbonyl (C=O) groups excluding carboxylic acids is 2. The van der Waals surface area contributed by atoms with Gasteiger partial charge in [-0.15, -0.1) is 0 Å². The highest BCUT2D eigenvalue weighted by Crippen LogP contribution is 2.60. The number of hydrogen-bond donors (Lipinski definition) is 2. The van der Waals surface area contributed by atoms with Gasteiger partial charge in [0.2, 0.25) is 11.8 Å². The number of benzene rings is 1. The van der Waals surface area contributed by atoms with Gasteiger partial charge in [0.05, 0.1) is 6.07 Å². The van der Waals surface area contributed by atoms with Crippen molar-refractivity contribution in [3.05, 3.63) is 35.9 Å². The van der Waals surface area contributed by atoms with Gasteiger partial charge in [-0.2, -0.15) is 5.26 Å². The smallest absolute Gasteiger partial charge is 0.226 e. The number of nitriles is 1. The molecule has 4 bridgehead atoms. The van der Waals surface area contributed by atoms with Gasteiger partial charge in [0.15, 0.2) is 0 Å². The van der Waals surface area contributed by atoms with E-state index in [1.54, 1.807) is 0 Å². The minimum absolute atomic E-state index is 0.153. The molecule has 28 heavy (non-hydrogen) atoms. The molecule has 5 heteroatoms. The lowest BCUT2D eigenvalue weighted by Crippen LogP contribution is -2.53. The lowest BCUT2D eigenvalue weighted by Gasteiger charge is -2.55. The molecular weight excluding hydrogens is 350 g/mol. The lowest BCUT2D eigenvalue weighted by molar-refractivity contribution is -0.146. The van der Waals surface area contributed by atoms with Crippen molar-refractivity contribution >= 4 is 11.8 Å². The van der Waals surface area contributed by atoms with E-state index in [0.29, 0.717) is 13.0 Å². The van der Waals surface area contributed by atoms with Crippen molar-refractivity contribution in [1.82, 2.24) is 10.6 Å². The SMILES string of the molecule is N#CC(Cc1ccccc1)NC(=O)CCNC(=O)C12CC3CC(CC(C3)C1)C2. The molecule has 0 radical (unpaired) electrons. The molecule has 0 aromatic heterocycles. The number of nitrogens with zero attached hydrogens (tertiary/aromatic N) is 1. The number of nitrogens with one attached hydrogen (secondary N) is 2. The van der Waals surface area contributed by atoms with Crippen LogP contribution in [0, 0.1) is 34.5 Å². The number of amides is 2. The quantitative estimate of drug-likeness (QED) is 0.764. The van der Waals surface area contributed by atoms with Crippen LogP contribution in [0.5, 0.6) is 0 Å². The molecule has 4 fully saturated rings. The first-order valence-corrected chi connectivity index (χ1v) is 10.6. The molecule has 0 aliphatic heterocycles.